The van der Waals surface area contributed by atoms with Crippen LogP contribution in [0.25, 0.3) is 11.3 Å². The number of benzene rings is 2. The van der Waals surface area contributed by atoms with E-state index in [1.54, 1.807) is 24.3 Å². The van der Waals surface area contributed by atoms with Gasteiger partial charge < -0.3 is 9.84 Å². The van der Waals surface area contributed by atoms with Crippen LogP contribution in [-0.4, -0.2) is 11.1 Å². The molecule has 0 saturated carbocycles. The normalized spacial score (nSPS) is 11.4. The molecule has 0 radical (unpaired) electrons. The van der Waals surface area contributed by atoms with Crippen molar-refractivity contribution in [1.29, 1.82) is 0 Å². The Kier molecular flexibility index (Phi) is 5.18. The van der Waals surface area contributed by atoms with Gasteiger partial charge in [-0.15, -0.1) is 0 Å². The minimum atomic E-state index is -4.86. The summed E-state index contributed by atoms with van der Waals surface area (Å²) >= 11 is 5.81. The van der Waals surface area contributed by atoms with E-state index >= 15 is 0 Å². The summed E-state index contributed by atoms with van der Waals surface area (Å²) in [5.41, 5.74) is -0.635. The molecule has 27 heavy (non-hydrogen) atoms. The fourth-order valence-corrected chi connectivity index (χ4v) is 2.46. The second-order valence-corrected chi connectivity index (χ2v) is 6.04. The zero-order valence-corrected chi connectivity index (χ0v) is 14.2. The number of hydrogen-bond donors (Lipinski definition) is 1. The maximum atomic E-state index is 13.3. The van der Waals surface area contributed by atoms with Crippen LogP contribution in [0.2, 0.25) is 5.02 Å². The van der Waals surface area contributed by atoms with Gasteiger partial charge in [0.15, 0.2) is 5.76 Å². The lowest BCUT2D eigenvalue weighted by Crippen LogP contribution is -2.16. The number of rotatable bonds is 4. The van der Waals surface area contributed by atoms with Crippen molar-refractivity contribution in [3.63, 3.8) is 0 Å². The number of anilines is 1. The van der Waals surface area contributed by atoms with Gasteiger partial charge in [0.1, 0.15) is 5.82 Å². The topological polar surface area (TPSA) is 55.1 Å². The Morgan fingerprint density at radius 3 is 2.48 bits per heavy atom. The van der Waals surface area contributed by atoms with E-state index in [4.69, 9.17) is 16.1 Å². The van der Waals surface area contributed by atoms with Crippen molar-refractivity contribution >= 4 is 23.2 Å². The van der Waals surface area contributed by atoms with Crippen LogP contribution in [0, 0.1) is 5.82 Å². The molecule has 0 atom stereocenters. The summed E-state index contributed by atoms with van der Waals surface area (Å²) in [6.45, 7) is 0. The zero-order valence-electron chi connectivity index (χ0n) is 13.5. The number of halogens is 5. The summed E-state index contributed by atoms with van der Waals surface area (Å²) in [6.07, 6.45) is -5.08. The van der Waals surface area contributed by atoms with E-state index in [9.17, 15) is 22.4 Å². The largest absolute Gasteiger partial charge is 0.419 e. The number of amides is 1. The van der Waals surface area contributed by atoms with Gasteiger partial charge in [0.05, 0.1) is 17.7 Å². The second-order valence-electron chi connectivity index (χ2n) is 5.61. The molecule has 1 amide bonds. The van der Waals surface area contributed by atoms with Crippen molar-refractivity contribution in [3.05, 3.63) is 70.6 Å². The standard InChI is InChI=1S/C18H11ClF4N2O2/c19-11-3-1-10(2-4-11)16-8-13(25-27-16)9-17(26)24-12-5-6-15(20)14(7-12)18(21,22)23/h1-8H,9H2,(H,24,26). The first kappa shape index (κ1) is 18.9. The molecular weight excluding hydrogens is 388 g/mol. The van der Waals surface area contributed by atoms with E-state index in [0.29, 0.717) is 28.5 Å². The molecule has 140 valence electrons. The van der Waals surface area contributed by atoms with Crippen LogP contribution >= 0.6 is 11.6 Å². The molecule has 1 N–H and O–H groups in total. The Bertz CT molecular complexity index is 968. The molecule has 1 heterocycles. The lowest BCUT2D eigenvalue weighted by Gasteiger charge is -2.10. The van der Waals surface area contributed by atoms with Gasteiger partial charge >= 0.3 is 6.18 Å². The van der Waals surface area contributed by atoms with Gasteiger partial charge in [-0.3, -0.25) is 4.79 Å². The predicted molar refractivity (Wildman–Crippen MR) is 90.7 cm³/mol. The van der Waals surface area contributed by atoms with Crippen molar-refractivity contribution < 1.29 is 26.9 Å². The Morgan fingerprint density at radius 2 is 1.81 bits per heavy atom. The van der Waals surface area contributed by atoms with Crippen LogP contribution in [0.15, 0.2) is 53.1 Å². The molecule has 9 heteroatoms. The van der Waals surface area contributed by atoms with Crippen molar-refractivity contribution in [3.8, 4) is 11.3 Å². The number of nitrogens with zero attached hydrogens (tertiary/aromatic N) is 1. The number of carbonyl (C=O) groups is 1. The summed E-state index contributed by atoms with van der Waals surface area (Å²) in [4.78, 5) is 12.0. The highest BCUT2D eigenvalue weighted by atomic mass is 35.5. The van der Waals surface area contributed by atoms with Crippen LogP contribution in [0.4, 0.5) is 23.2 Å². The Balaban J connectivity index is 1.69. The van der Waals surface area contributed by atoms with Gasteiger partial charge in [-0.25, -0.2) is 4.39 Å². The van der Waals surface area contributed by atoms with Crippen molar-refractivity contribution in [2.24, 2.45) is 0 Å². The summed E-state index contributed by atoms with van der Waals surface area (Å²) in [7, 11) is 0. The number of aromatic nitrogens is 1. The molecule has 0 aliphatic rings. The lowest BCUT2D eigenvalue weighted by molar-refractivity contribution is -0.140. The zero-order chi connectivity index (χ0) is 19.6. The Labute approximate surface area is 155 Å². The number of hydrogen-bond acceptors (Lipinski definition) is 3. The Hall–Kier alpha value is -2.87. The third-order valence-corrected chi connectivity index (χ3v) is 3.84. The van der Waals surface area contributed by atoms with E-state index in [0.717, 1.165) is 6.07 Å². The molecule has 0 aliphatic carbocycles. The minimum absolute atomic E-state index is 0.171. The first-order valence-corrected chi connectivity index (χ1v) is 7.98. The van der Waals surface area contributed by atoms with Crippen LogP contribution < -0.4 is 5.32 Å². The highest BCUT2D eigenvalue weighted by molar-refractivity contribution is 6.30. The molecule has 0 aliphatic heterocycles. The third-order valence-electron chi connectivity index (χ3n) is 3.58. The van der Waals surface area contributed by atoms with Gasteiger partial charge in [0.2, 0.25) is 5.91 Å². The van der Waals surface area contributed by atoms with E-state index in [-0.39, 0.29) is 17.8 Å². The summed E-state index contributed by atoms with van der Waals surface area (Å²) in [5.74, 6) is -1.62. The fourth-order valence-electron chi connectivity index (χ4n) is 2.34. The van der Waals surface area contributed by atoms with E-state index in [1.165, 1.54) is 6.07 Å². The maximum Gasteiger partial charge on any atom is 0.419 e. The summed E-state index contributed by atoms with van der Waals surface area (Å²) in [6, 6.07) is 10.5. The van der Waals surface area contributed by atoms with Gasteiger partial charge in [-0.2, -0.15) is 13.2 Å². The number of alkyl halides is 3. The molecule has 3 aromatic rings. The molecule has 0 fully saturated rings. The maximum absolute atomic E-state index is 13.3. The molecule has 3 rings (SSSR count). The van der Waals surface area contributed by atoms with Gasteiger partial charge in [0.25, 0.3) is 0 Å². The quantitative estimate of drug-likeness (QED) is 0.604. The molecule has 0 spiro atoms. The van der Waals surface area contributed by atoms with E-state index < -0.39 is 23.5 Å². The molecule has 0 unspecified atom stereocenters. The predicted octanol–water partition coefficient (Wildman–Crippen LogP) is 5.33. The molecule has 2 aromatic carbocycles. The van der Waals surface area contributed by atoms with Crippen LogP contribution in [0.3, 0.4) is 0 Å². The van der Waals surface area contributed by atoms with E-state index in [1.807, 2.05) is 0 Å². The van der Waals surface area contributed by atoms with Gasteiger partial charge in [-0.05, 0) is 42.5 Å². The average Bonchev–Trinajstić information content (AvgIpc) is 3.04. The average molecular weight is 399 g/mol. The first-order valence-electron chi connectivity index (χ1n) is 7.60. The molecular formula is C18H11ClF4N2O2. The third kappa shape index (κ3) is 4.65. The second kappa shape index (κ2) is 7.40. The fraction of sp³-hybridized carbons (Fsp3) is 0.111. The smallest absolute Gasteiger partial charge is 0.356 e. The molecule has 1 aromatic heterocycles. The first-order chi connectivity index (χ1) is 12.7. The highest BCUT2D eigenvalue weighted by Gasteiger charge is 2.34. The number of nitrogens with one attached hydrogen (secondary N) is 1. The molecule has 0 saturated heterocycles. The Morgan fingerprint density at radius 1 is 1.11 bits per heavy atom. The number of carbonyl (C=O) groups excluding carboxylic acids is 1. The van der Waals surface area contributed by atoms with Crippen LogP contribution in [0.1, 0.15) is 11.3 Å². The van der Waals surface area contributed by atoms with Crippen molar-refractivity contribution in [2.45, 2.75) is 12.6 Å². The van der Waals surface area contributed by atoms with Crippen molar-refractivity contribution in [1.82, 2.24) is 5.16 Å². The van der Waals surface area contributed by atoms with Crippen LogP contribution in [-0.2, 0) is 17.4 Å². The SMILES string of the molecule is O=C(Cc1cc(-c2ccc(Cl)cc2)on1)Nc1ccc(F)c(C(F)(F)F)c1. The summed E-state index contributed by atoms with van der Waals surface area (Å²) in [5, 5.41) is 6.59. The van der Waals surface area contributed by atoms with Crippen molar-refractivity contribution in [2.75, 3.05) is 5.32 Å². The van der Waals surface area contributed by atoms with E-state index in [2.05, 4.69) is 10.5 Å². The van der Waals surface area contributed by atoms with Gasteiger partial charge in [-0.1, -0.05) is 16.8 Å². The highest BCUT2D eigenvalue weighted by Crippen LogP contribution is 2.33. The molecule has 0 bridgehead atoms. The minimum Gasteiger partial charge on any atom is -0.356 e. The van der Waals surface area contributed by atoms with Crippen LogP contribution in [0.5, 0.6) is 0 Å². The monoisotopic (exact) mass is 398 g/mol. The van der Waals surface area contributed by atoms with Gasteiger partial charge in [0, 0.05) is 22.3 Å². The summed E-state index contributed by atoms with van der Waals surface area (Å²) < 4.78 is 56.6. The molecule has 4 nitrogen and oxygen atoms in total. The lowest BCUT2D eigenvalue weighted by atomic mass is 10.1.